The average Bonchev–Trinajstić information content (AvgIpc) is 2.34. The molecule has 0 spiro atoms. The highest BCUT2D eigenvalue weighted by atomic mass is 16.5. The summed E-state index contributed by atoms with van der Waals surface area (Å²) in [4.78, 5) is 13.8. The second-order valence-electron chi connectivity index (χ2n) is 4.74. The number of hydrogen-bond donors (Lipinski definition) is 1. The zero-order chi connectivity index (χ0) is 12.7. The van der Waals surface area contributed by atoms with Crippen LogP contribution in [0.1, 0.15) is 20.3 Å². The van der Waals surface area contributed by atoms with E-state index in [1.807, 2.05) is 13.8 Å². The Hall–Kier alpha value is -0.650. The summed E-state index contributed by atoms with van der Waals surface area (Å²) in [7, 11) is 0. The quantitative estimate of drug-likeness (QED) is 0.535. The molecule has 17 heavy (non-hydrogen) atoms. The van der Waals surface area contributed by atoms with E-state index in [1.54, 1.807) is 0 Å². The van der Waals surface area contributed by atoms with Gasteiger partial charge < -0.3 is 15.2 Å². The van der Waals surface area contributed by atoms with E-state index in [9.17, 15) is 4.79 Å². The molecule has 1 atom stereocenters. The van der Waals surface area contributed by atoms with Gasteiger partial charge in [0.05, 0.1) is 19.8 Å². The van der Waals surface area contributed by atoms with Crippen molar-refractivity contribution in [2.75, 3.05) is 39.5 Å². The topological polar surface area (TPSA) is 64.8 Å². The van der Waals surface area contributed by atoms with E-state index < -0.39 is 6.04 Å². The number of ether oxygens (including phenoxy) is 2. The van der Waals surface area contributed by atoms with Crippen molar-refractivity contribution >= 4 is 5.97 Å². The number of hydrogen-bond acceptors (Lipinski definition) is 5. The summed E-state index contributed by atoms with van der Waals surface area (Å²) in [6.45, 7) is 8.79. The van der Waals surface area contributed by atoms with E-state index in [4.69, 9.17) is 15.2 Å². The van der Waals surface area contributed by atoms with Gasteiger partial charge in [-0.3, -0.25) is 9.69 Å². The Kier molecular flexibility index (Phi) is 6.47. The lowest BCUT2D eigenvalue weighted by Gasteiger charge is -2.26. The Labute approximate surface area is 103 Å². The monoisotopic (exact) mass is 244 g/mol. The van der Waals surface area contributed by atoms with E-state index >= 15 is 0 Å². The van der Waals surface area contributed by atoms with Gasteiger partial charge in [0, 0.05) is 19.6 Å². The highest BCUT2D eigenvalue weighted by Crippen LogP contribution is 2.02. The molecule has 5 nitrogen and oxygen atoms in total. The van der Waals surface area contributed by atoms with Crippen LogP contribution in [0.25, 0.3) is 0 Å². The lowest BCUT2D eigenvalue weighted by atomic mass is 10.1. The number of carbonyl (C=O) groups is 1. The molecule has 100 valence electrons. The fourth-order valence-electron chi connectivity index (χ4n) is 1.65. The van der Waals surface area contributed by atoms with Gasteiger partial charge in [-0.15, -0.1) is 0 Å². The summed E-state index contributed by atoms with van der Waals surface area (Å²) in [5.41, 5.74) is 5.68. The van der Waals surface area contributed by atoms with E-state index in [2.05, 4.69) is 4.90 Å². The zero-order valence-corrected chi connectivity index (χ0v) is 10.9. The van der Waals surface area contributed by atoms with Crippen LogP contribution in [0, 0.1) is 5.92 Å². The largest absolute Gasteiger partial charge is 0.464 e. The van der Waals surface area contributed by atoms with Crippen LogP contribution in [0.5, 0.6) is 0 Å². The fourth-order valence-corrected chi connectivity index (χ4v) is 1.65. The maximum absolute atomic E-state index is 11.5. The highest BCUT2D eigenvalue weighted by Gasteiger charge is 2.18. The molecule has 1 fully saturated rings. The van der Waals surface area contributed by atoms with Crippen LogP contribution < -0.4 is 5.73 Å². The first-order valence-corrected chi connectivity index (χ1v) is 6.33. The summed E-state index contributed by atoms with van der Waals surface area (Å²) in [6.07, 6.45) is 0.858. The van der Waals surface area contributed by atoms with Crippen molar-refractivity contribution in [3.8, 4) is 0 Å². The molecule has 1 aliphatic rings. The summed E-state index contributed by atoms with van der Waals surface area (Å²) < 4.78 is 10.4. The van der Waals surface area contributed by atoms with Crippen LogP contribution in [-0.4, -0.2) is 56.4 Å². The van der Waals surface area contributed by atoms with Crippen LogP contribution >= 0.6 is 0 Å². The van der Waals surface area contributed by atoms with Crippen LogP contribution in [-0.2, 0) is 14.3 Å². The number of morpholine rings is 1. The number of carbonyl (C=O) groups excluding carboxylic acids is 1. The summed E-state index contributed by atoms with van der Waals surface area (Å²) in [6, 6.07) is -0.501. The van der Waals surface area contributed by atoms with Crippen LogP contribution in [0.3, 0.4) is 0 Å². The van der Waals surface area contributed by atoms with Crippen molar-refractivity contribution in [1.82, 2.24) is 4.90 Å². The van der Waals surface area contributed by atoms with Crippen molar-refractivity contribution < 1.29 is 14.3 Å². The molecule has 0 saturated carbocycles. The number of esters is 1. The third kappa shape index (κ3) is 5.48. The van der Waals surface area contributed by atoms with Gasteiger partial charge in [0.25, 0.3) is 0 Å². The molecule has 1 aliphatic heterocycles. The van der Waals surface area contributed by atoms with Gasteiger partial charge in [0.1, 0.15) is 6.04 Å². The lowest BCUT2D eigenvalue weighted by Crippen LogP contribution is -2.38. The van der Waals surface area contributed by atoms with E-state index in [1.165, 1.54) is 0 Å². The molecular weight excluding hydrogens is 220 g/mol. The second-order valence-corrected chi connectivity index (χ2v) is 4.74. The van der Waals surface area contributed by atoms with Gasteiger partial charge in [-0.1, -0.05) is 13.8 Å². The third-order valence-electron chi connectivity index (χ3n) is 2.96. The predicted molar refractivity (Wildman–Crippen MR) is 65.6 cm³/mol. The maximum Gasteiger partial charge on any atom is 0.323 e. The number of nitrogens with two attached hydrogens (primary N) is 1. The van der Waals surface area contributed by atoms with E-state index in [0.717, 1.165) is 39.3 Å². The van der Waals surface area contributed by atoms with Gasteiger partial charge >= 0.3 is 5.97 Å². The minimum Gasteiger partial charge on any atom is -0.464 e. The molecule has 0 aliphatic carbocycles. The molecule has 0 aromatic heterocycles. The number of rotatable bonds is 6. The molecule has 1 heterocycles. The second kappa shape index (κ2) is 7.63. The van der Waals surface area contributed by atoms with Crippen LogP contribution in [0.4, 0.5) is 0 Å². The molecule has 5 heteroatoms. The molecule has 0 unspecified atom stereocenters. The Morgan fingerprint density at radius 2 is 2.06 bits per heavy atom. The highest BCUT2D eigenvalue weighted by molar-refractivity contribution is 5.75. The summed E-state index contributed by atoms with van der Waals surface area (Å²) >= 11 is 0. The molecule has 0 amide bonds. The first kappa shape index (κ1) is 14.4. The minimum absolute atomic E-state index is 0.127. The standard InChI is InChI=1S/C12H24N2O3/c1-10(2)11(13)12(15)17-7-3-4-14-5-8-16-9-6-14/h10-11H,3-9,13H2,1-2H3/t11-/m0/s1. The van der Waals surface area contributed by atoms with Gasteiger partial charge in [-0.25, -0.2) is 0 Å². The Balaban J connectivity index is 2.05. The Bertz CT molecular complexity index is 228. The smallest absolute Gasteiger partial charge is 0.323 e. The fraction of sp³-hybridized carbons (Fsp3) is 0.917. The molecular formula is C12H24N2O3. The molecule has 0 bridgehead atoms. The van der Waals surface area contributed by atoms with Crippen LogP contribution in [0.15, 0.2) is 0 Å². The van der Waals surface area contributed by atoms with Gasteiger partial charge in [0.2, 0.25) is 0 Å². The van der Waals surface area contributed by atoms with E-state index in [-0.39, 0.29) is 11.9 Å². The van der Waals surface area contributed by atoms with Crippen molar-refractivity contribution in [3.63, 3.8) is 0 Å². The average molecular weight is 244 g/mol. The van der Waals surface area contributed by atoms with Crippen LogP contribution in [0.2, 0.25) is 0 Å². The molecule has 1 rings (SSSR count). The summed E-state index contributed by atoms with van der Waals surface area (Å²) in [5.74, 6) is -0.163. The molecule has 0 aromatic carbocycles. The minimum atomic E-state index is -0.501. The molecule has 2 N–H and O–H groups in total. The van der Waals surface area contributed by atoms with E-state index in [0.29, 0.717) is 6.61 Å². The van der Waals surface area contributed by atoms with Crippen molar-refractivity contribution in [3.05, 3.63) is 0 Å². The van der Waals surface area contributed by atoms with Crippen molar-refractivity contribution in [2.45, 2.75) is 26.3 Å². The normalized spacial score (nSPS) is 19.3. The third-order valence-corrected chi connectivity index (χ3v) is 2.96. The van der Waals surface area contributed by atoms with Crippen molar-refractivity contribution in [1.29, 1.82) is 0 Å². The molecule has 0 aromatic rings. The molecule has 1 saturated heterocycles. The van der Waals surface area contributed by atoms with Gasteiger partial charge in [-0.2, -0.15) is 0 Å². The predicted octanol–water partition coefficient (Wildman–Crippen LogP) is 0.235. The number of nitrogens with zero attached hydrogens (tertiary/aromatic N) is 1. The van der Waals surface area contributed by atoms with Gasteiger partial charge in [-0.05, 0) is 12.3 Å². The lowest BCUT2D eigenvalue weighted by molar-refractivity contribution is -0.146. The first-order valence-electron chi connectivity index (χ1n) is 6.33. The zero-order valence-electron chi connectivity index (χ0n) is 10.9. The Morgan fingerprint density at radius 3 is 2.65 bits per heavy atom. The van der Waals surface area contributed by atoms with Gasteiger partial charge in [0.15, 0.2) is 0 Å². The SMILES string of the molecule is CC(C)[C@H](N)C(=O)OCCCN1CCOCC1. The van der Waals surface area contributed by atoms with Crippen molar-refractivity contribution in [2.24, 2.45) is 11.7 Å². The first-order chi connectivity index (χ1) is 8.11. The molecule has 0 radical (unpaired) electrons. The summed E-state index contributed by atoms with van der Waals surface area (Å²) in [5, 5.41) is 0. The maximum atomic E-state index is 11.5. The Morgan fingerprint density at radius 1 is 1.41 bits per heavy atom.